The van der Waals surface area contributed by atoms with Gasteiger partial charge in [-0.25, -0.2) is 0 Å². The lowest BCUT2D eigenvalue weighted by molar-refractivity contribution is 0.217. The van der Waals surface area contributed by atoms with Crippen molar-refractivity contribution in [3.63, 3.8) is 0 Å². The van der Waals surface area contributed by atoms with Gasteiger partial charge >= 0.3 is 0 Å². The molecule has 0 amide bonds. The molecule has 0 aliphatic heterocycles. The molecule has 0 bridgehead atoms. The molecule has 0 heterocycles. The van der Waals surface area contributed by atoms with Crippen molar-refractivity contribution in [2.24, 2.45) is 0 Å². The molecule has 3 nitrogen and oxygen atoms in total. The van der Waals surface area contributed by atoms with Gasteiger partial charge in [0, 0.05) is 30.3 Å². The third-order valence-electron chi connectivity index (χ3n) is 2.75. The highest BCUT2D eigenvalue weighted by molar-refractivity contribution is 9.10. The Morgan fingerprint density at radius 2 is 1.50 bits per heavy atom. The molecule has 0 saturated heterocycles. The van der Waals surface area contributed by atoms with Crippen molar-refractivity contribution in [1.29, 1.82) is 0 Å². The average Bonchev–Trinajstić information content (AvgIpc) is 2.44. The van der Waals surface area contributed by atoms with Crippen LogP contribution >= 0.6 is 15.9 Å². The van der Waals surface area contributed by atoms with Gasteiger partial charge in [0.1, 0.15) is 24.7 Å². The second-order valence-electron chi connectivity index (χ2n) is 4.55. The van der Waals surface area contributed by atoms with Crippen molar-refractivity contribution in [2.75, 3.05) is 32.2 Å². The van der Waals surface area contributed by atoms with Crippen LogP contribution in [-0.4, -0.2) is 27.3 Å². The summed E-state index contributed by atoms with van der Waals surface area (Å²) < 4.78 is 12.3. The highest BCUT2D eigenvalue weighted by atomic mass is 79.9. The van der Waals surface area contributed by atoms with Gasteiger partial charge in [0.05, 0.1) is 0 Å². The largest absolute Gasteiger partial charge is 0.490 e. The SMILES string of the molecule is CN(C)c1cccc(OCCOc2cccc(Br)c2)c1. The summed E-state index contributed by atoms with van der Waals surface area (Å²) in [5.74, 6) is 1.69. The van der Waals surface area contributed by atoms with E-state index in [1.165, 1.54) is 0 Å². The lowest BCUT2D eigenvalue weighted by atomic mass is 10.3. The smallest absolute Gasteiger partial charge is 0.122 e. The van der Waals surface area contributed by atoms with Crippen LogP contribution in [0.4, 0.5) is 5.69 Å². The van der Waals surface area contributed by atoms with Crippen LogP contribution < -0.4 is 14.4 Å². The van der Waals surface area contributed by atoms with Crippen molar-refractivity contribution in [1.82, 2.24) is 0 Å². The van der Waals surface area contributed by atoms with E-state index in [0.29, 0.717) is 13.2 Å². The summed E-state index contributed by atoms with van der Waals surface area (Å²) >= 11 is 3.41. The number of halogens is 1. The number of ether oxygens (including phenoxy) is 2. The van der Waals surface area contributed by atoms with E-state index in [1.807, 2.05) is 67.5 Å². The summed E-state index contributed by atoms with van der Waals surface area (Å²) in [6.45, 7) is 1.03. The summed E-state index contributed by atoms with van der Waals surface area (Å²) in [6.07, 6.45) is 0. The van der Waals surface area contributed by atoms with Gasteiger partial charge in [-0.15, -0.1) is 0 Å². The first-order valence-corrected chi connectivity index (χ1v) is 7.23. The van der Waals surface area contributed by atoms with Crippen molar-refractivity contribution in [3.8, 4) is 11.5 Å². The third kappa shape index (κ3) is 4.46. The minimum absolute atomic E-state index is 0.517. The van der Waals surface area contributed by atoms with Crippen molar-refractivity contribution in [2.45, 2.75) is 0 Å². The second-order valence-corrected chi connectivity index (χ2v) is 5.46. The molecule has 0 atom stereocenters. The Bertz CT molecular complexity index is 558. The van der Waals surface area contributed by atoms with Gasteiger partial charge in [-0.3, -0.25) is 0 Å². The molecule has 0 saturated carbocycles. The van der Waals surface area contributed by atoms with E-state index in [0.717, 1.165) is 21.7 Å². The summed E-state index contributed by atoms with van der Waals surface area (Å²) in [6, 6.07) is 15.8. The summed E-state index contributed by atoms with van der Waals surface area (Å²) in [7, 11) is 4.02. The van der Waals surface area contributed by atoms with E-state index >= 15 is 0 Å². The Labute approximate surface area is 128 Å². The van der Waals surface area contributed by atoms with Crippen LogP contribution in [0.25, 0.3) is 0 Å². The topological polar surface area (TPSA) is 21.7 Å². The molecule has 20 heavy (non-hydrogen) atoms. The number of nitrogens with zero attached hydrogens (tertiary/aromatic N) is 1. The molecule has 4 heteroatoms. The fourth-order valence-corrected chi connectivity index (χ4v) is 2.11. The first-order chi connectivity index (χ1) is 9.65. The normalized spacial score (nSPS) is 10.2. The quantitative estimate of drug-likeness (QED) is 0.745. The average molecular weight is 336 g/mol. The van der Waals surface area contributed by atoms with Crippen molar-refractivity contribution < 1.29 is 9.47 Å². The Balaban J connectivity index is 1.80. The van der Waals surface area contributed by atoms with Crippen LogP contribution in [-0.2, 0) is 0 Å². The van der Waals surface area contributed by atoms with Gasteiger partial charge in [-0.05, 0) is 30.3 Å². The molecule has 0 spiro atoms. The van der Waals surface area contributed by atoms with Crippen LogP contribution in [0, 0.1) is 0 Å². The highest BCUT2D eigenvalue weighted by Crippen LogP contribution is 2.20. The molecular weight excluding hydrogens is 318 g/mol. The highest BCUT2D eigenvalue weighted by Gasteiger charge is 1.99. The van der Waals surface area contributed by atoms with Gasteiger partial charge in [-0.1, -0.05) is 28.1 Å². The lowest BCUT2D eigenvalue weighted by Crippen LogP contribution is -2.11. The van der Waals surface area contributed by atoms with Crippen LogP contribution in [0.1, 0.15) is 0 Å². The van der Waals surface area contributed by atoms with Crippen LogP contribution in [0.5, 0.6) is 11.5 Å². The van der Waals surface area contributed by atoms with E-state index < -0.39 is 0 Å². The van der Waals surface area contributed by atoms with E-state index in [9.17, 15) is 0 Å². The molecule has 0 N–H and O–H groups in total. The lowest BCUT2D eigenvalue weighted by Gasteiger charge is -2.14. The van der Waals surface area contributed by atoms with Gasteiger partial charge in [0.15, 0.2) is 0 Å². The van der Waals surface area contributed by atoms with Gasteiger partial charge < -0.3 is 14.4 Å². The molecule has 106 valence electrons. The fourth-order valence-electron chi connectivity index (χ4n) is 1.73. The summed E-state index contributed by atoms with van der Waals surface area (Å²) in [5.41, 5.74) is 1.12. The van der Waals surface area contributed by atoms with Crippen molar-refractivity contribution >= 4 is 21.6 Å². The Hall–Kier alpha value is -1.68. The Kier molecular flexibility index (Phi) is 5.30. The molecule has 0 aromatic heterocycles. The zero-order valence-electron chi connectivity index (χ0n) is 11.7. The minimum Gasteiger partial charge on any atom is -0.490 e. The van der Waals surface area contributed by atoms with E-state index in [2.05, 4.69) is 15.9 Å². The third-order valence-corrected chi connectivity index (χ3v) is 3.24. The molecule has 0 unspecified atom stereocenters. The number of hydrogen-bond donors (Lipinski definition) is 0. The number of anilines is 1. The summed E-state index contributed by atoms with van der Waals surface area (Å²) in [5, 5.41) is 0. The van der Waals surface area contributed by atoms with Crippen LogP contribution in [0.2, 0.25) is 0 Å². The van der Waals surface area contributed by atoms with E-state index in [1.54, 1.807) is 0 Å². The monoisotopic (exact) mass is 335 g/mol. The van der Waals surface area contributed by atoms with Gasteiger partial charge in [-0.2, -0.15) is 0 Å². The standard InChI is InChI=1S/C16H18BrNO2/c1-18(2)14-6-4-8-16(12-14)20-10-9-19-15-7-3-5-13(17)11-15/h3-8,11-12H,9-10H2,1-2H3. The minimum atomic E-state index is 0.517. The van der Waals surface area contributed by atoms with Crippen LogP contribution in [0.15, 0.2) is 53.0 Å². The molecule has 2 aromatic rings. The molecule has 2 rings (SSSR count). The molecule has 0 radical (unpaired) electrons. The molecule has 0 fully saturated rings. The maximum absolute atomic E-state index is 5.69. The van der Waals surface area contributed by atoms with Gasteiger partial charge in [0.2, 0.25) is 0 Å². The van der Waals surface area contributed by atoms with Crippen molar-refractivity contribution in [3.05, 3.63) is 53.0 Å². The fraction of sp³-hybridized carbons (Fsp3) is 0.250. The second kappa shape index (κ2) is 7.20. The van der Waals surface area contributed by atoms with Gasteiger partial charge in [0.25, 0.3) is 0 Å². The van der Waals surface area contributed by atoms with Crippen LogP contribution in [0.3, 0.4) is 0 Å². The van der Waals surface area contributed by atoms with E-state index in [4.69, 9.17) is 9.47 Å². The zero-order valence-corrected chi connectivity index (χ0v) is 13.3. The molecule has 0 aliphatic rings. The first-order valence-electron chi connectivity index (χ1n) is 6.44. The predicted molar refractivity (Wildman–Crippen MR) is 85.9 cm³/mol. The first kappa shape index (κ1) is 14.7. The molecule has 2 aromatic carbocycles. The maximum atomic E-state index is 5.69. The zero-order chi connectivity index (χ0) is 14.4. The predicted octanol–water partition coefficient (Wildman–Crippen LogP) is 3.97. The summed E-state index contributed by atoms with van der Waals surface area (Å²) in [4.78, 5) is 2.05. The maximum Gasteiger partial charge on any atom is 0.122 e. The Morgan fingerprint density at radius 1 is 0.900 bits per heavy atom. The number of rotatable bonds is 6. The molecule has 0 aliphatic carbocycles. The van der Waals surface area contributed by atoms with E-state index in [-0.39, 0.29) is 0 Å². The number of benzene rings is 2. The number of hydrogen-bond acceptors (Lipinski definition) is 3. The molecular formula is C16H18BrNO2. The Morgan fingerprint density at radius 3 is 2.10 bits per heavy atom.